The molecule has 0 atom stereocenters. The van der Waals surface area contributed by atoms with Gasteiger partial charge < -0.3 is 21.1 Å². The van der Waals surface area contributed by atoms with Gasteiger partial charge in [-0.15, -0.1) is 6.58 Å². The maximum Gasteiger partial charge on any atom is 0.319 e. The Morgan fingerprint density at radius 3 is 2.33 bits per heavy atom. The molecule has 2 aromatic carbocycles. The summed E-state index contributed by atoms with van der Waals surface area (Å²) in [6.07, 6.45) is 1.58. The van der Waals surface area contributed by atoms with E-state index in [2.05, 4.69) is 22.5 Å². The molecule has 0 radical (unpaired) electrons. The predicted octanol–water partition coefficient (Wildman–Crippen LogP) is 3.26. The van der Waals surface area contributed by atoms with Gasteiger partial charge in [0.25, 0.3) is 5.91 Å². The van der Waals surface area contributed by atoms with Gasteiger partial charge in [0.05, 0.1) is 5.56 Å². The van der Waals surface area contributed by atoms with Gasteiger partial charge in [0, 0.05) is 17.9 Å². The van der Waals surface area contributed by atoms with E-state index in [1.54, 1.807) is 42.5 Å². The Labute approximate surface area is 140 Å². The summed E-state index contributed by atoms with van der Waals surface area (Å²) in [5.41, 5.74) is 2.23. The SMILES string of the molecule is C=CCNC(=O)Nc1ccc(NC(=O)c2cc(C)ccc2O)cc1. The van der Waals surface area contributed by atoms with Crippen LogP contribution in [0.1, 0.15) is 15.9 Å². The van der Waals surface area contributed by atoms with Crippen LogP contribution in [0.3, 0.4) is 0 Å². The summed E-state index contributed by atoms with van der Waals surface area (Å²) in [4.78, 5) is 23.7. The molecule has 0 aliphatic rings. The number of benzene rings is 2. The van der Waals surface area contributed by atoms with Gasteiger partial charge in [0.2, 0.25) is 0 Å². The van der Waals surface area contributed by atoms with Crippen LogP contribution >= 0.6 is 0 Å². The first-order chi connectivity index (χ1) is 11.5. The molecule has 0 aromatic heterocycles. The molecule has 0 aliphatic carbocycles. The minimum atomic E-state index is -0.402. The van der Waals surface area contributed by atoms with E-state index >= 15 is 0 Å². The van der Waals surface area contributed by atoms with Crippen molar-refractivity contribution in [3.05, 3.63) is 66.2 Å². The van der Waals surface area contributed by atoms with Crippen LogP contribution in [0.2, 0.25) is 0 Å². The second-order valence-electron chi connectivity index (χ2n) is 5.18. The number of anilines is 2. The van der Waals surface area contributed by atoms with Crippen LogP contribution in [-0.4, -0.2) is 23.6 Å². The highest BCUT2D eigenvalue weighted by molar-refractivity contribution is 6.06. The van der Waals surface area contributed by atoms with Crippen molar-refractivity contribution in [2.45, 2.75) is 6.92 Å². The van der Waals surface area contributed by atoms with Crippen LogP contribution in [0.25, 0.3) is 0 Å². The molecule has 0 saturated heterocycles. The van der Waals surface area contributed by atoms with Gasteiger partial charge in [-0.2, -0.15) is 0 Å². The number of nitrogens with one attached hydrogen (secondary N) is 3. The van der Waals surface area contributed by atoms with E-state index in [4.69, 9.17) is 0 Å². The van der Waals surface area contributed by atoms with Crippen molar-refractivity contribution in [3.8, 4) is 5.75 Å². The summed E-state index contributed by atoms with van der Waals surface area (Å²) < 4.78 is 0. The Bertz CT molecular complexity index is 755. The number of amides is 3. The fourth-order valence-electron chi connectivity index (χ4n) is 2.01. The zero-order chi connectivity index (χ0) is 17.5. The average Bonchev–Trinajstić information content (AvgIpc) is 2.57. The molecule has 0 heterocycles. The van der Waals surface area contributed by atoms with Gasteiger partial charge in [-0.1, -0.05) is 17.7 Å². The van der Waals surface area contributed by atoms with Crippen molar-refractivity contribution in [2.24, 2.45) is 0 Å². The minimum Gasteiger partial charge on any atom is -0.507 e. The first-order valence-corrected chi connectivity index (χ1v) is 7.36. The summed E-state index contributed by atoms with van der Waals surface area (Å²) in [5.74, 6) is -0.476. The lowest BCUT2D eigenvalue weighted by Gasteiger charge is -2.09. The molecule has 0 spiro atoms. The second-order valence-corrected chi connectivity index (χ2v) is 5.18. The van der Waals surface area contributed by atoms with Crippen LogP contribution in [0.5, 0.6) is 5.75 Å². The predicted molar refractivity (Wildman–Crippen MR) is 94.5 cm³/mol. The second kappa shape index (κ2) is 7.82. The quantitative estimate of drug-likeness (QED) is 0.636. The maximum absolute atomic E-state index is 12.2. The maximum atomic E-state index is 12.2. The van der Waals surface area contributed by atoms with Crippen LogP contribution in [0.4, 0.5) is 16.2 Å². The lowest BCUT2D eigenvalue weighted by atomic mass is 10.1. The van der Waals surface area contributed by atoms with Crippen molar-refractivity contribution in [1.82, 2.24) is 5.32 Å². The Kier molecular flexibility index (Phi) is 5.57. The van der Waals surface area contributed by atoms with Gasteiger partial charge in [-0.05, 0) is 43.3 Å². The normalized spacial score (nSPS) is 9.88. The molecule has 0 fully saturated rings. The zero-order valence-corrected chi connectivity index (χ0v) is 13.3. The molecule has 124 valence electrons. The lowest BCUT2D eigenvalue weighted by molar-refractivity contribution is 0.102. The van der Waals surface area contributed by atoms with E-state index in [1.165, 1.54) is 6.07 Å². The summed E-state index contributed by atoms with van der Waals surface area (Å²) in [6, 6.07) is 11.1. The minimum absolute atomic E-state index is 0.0738. The number of rotatable bonds is 5. The summed E-state index contributed by atoms with van der Waals surface area (Å²) in [6.45, 7) is 5.73. The fraction of sp³-hybridized carbons (Fsp3) is 0.111. The summed E-state index contributed by atoms with van der Waals surface area (Å²) >= 11 is 0. The van der Waals surface area contributed by atoms with Crippen LogP contribution < -0.4 is 16.0 Å². The van der Waals surface area contributed by atoms with Crippen molar-refractivity contribution in [3.63, 3.8) is 0 Å². The summed E-state index contributed by atoms with van der Waals surface area (Å²) in [5, 5.41) is 17.7. The number of phenols is 1. The van der Waals surface area contributed by atoms with Gasteiger partial charge in [0.1, 0.15) is 5.75 Å². The Morgan fingerprint density at radius 2 is 1.71 bits per heavy atom. The molecule has 0 bridgehead atoms. The number of hydrogen-bond acceptors (Lipinski definition) is 3. The van der Waals surface area contributed by atoms with Crippen LogP contribution in [0.15, 0.2) is 55.1 Å². The molecule has 2 aromatic rings. The smallest absolute Gasteiger partial charge is 0.319 e. The molecule has 2 rings (SSSR count). The Morgan fingerprint density at radius 1 is 1.08 bits per heavy atom. The third kappa shape index (κ3) is 4.61. The van der Waals surface area contributed by atoms with Gasteiger partial charge in [0.15, 0.2) is 0 Å². The van der Waals surface area contributed by atoms with Gasteiger partial charge in [-0.3, -0.25) is 4.79 Å². The van der Waals surface area contributed by atoms with E-state index in [1.807, 2.05) is 6.92 Å². The number of hydrogen-bond donors (Lipinski definition) is 4. The molecule has 24 heavy (non-hydrogen) atoms. The first-order valence-electron chi connectivity index (χ1n) is 7.36. The van der Waals surface area contributed by atoms with Crippen molar-refractivity contribution < 1.29 is 14.7 Å². The van der Waals surface area contributed by atoms with E-state index in [0.29, 0.717) is 17.9 Å². The largest absolute Gasteiger partial charge is 0.507 e. The van der Waals surface area contributed by atoms with Crippen LogP contribution in [0, 0.1) is 6.92 Å². The molecule has 3 amide bonds. The van der Waals surface area contributed by atoms with E-state index < -0.39 is 5.91 Å². The first kappa shape index (κ1) is 17.1. The standard InChI is InChI=1S/C18H19N3O3/c1-3-10-19-18(24)21-14-7-5-13(6-8-14)20-17(23)15-11-12(2)4-9-16(15)22/h3-9,11,22H,1,10H2,2H3,(H,20,23)(H2,19,21,24). The van der Waals surface area contributed by atoms with E-state index in [0.717, 1.165) is 5.56 Å². The van der Waals surface area contributed by atoms with Crippen molar-refractivity contribution in [1.29, 1.82) is 0 Å². The topological polar surface area (TPSA) is 90.5 Å². The molecule has 6 nitrogen and oxygen atoms in total. The summed E-state index contributed by atoms with van der Waals surface area (Å²) in [7, 11) is 0. The van der Waals surface area contributed by atoms with Gasteiger partial charge in [-0.25, -0.2) is 4.79 Å². The number of urea groups is 1. The van der Waals surface area contributed by atoms with E-state index in [-0.39, 0.29) is 17.3 Å². The number of carbonyl (C=O) groups excluding carboxylic acids is 2. The molecule has 0 aliphatic heterocycles. The van der Waals surface area contributed by atoms with E-state index in [9.17, 15) is 14.7 Å². The van der Waals surface area contributed by atoms with Crippen molar-refractivity contribution in [2.75, 3.05) is 17.2 Å². The number of aromatic hydroxyl groups is 1. The van der Waals surface area contributed by atoms with Gasteiger partial charge >= 0.3 is 6.03 Å². The highest BCUT2D eigenvalue weighted by atomic mass is 16.3. The molecular formula is C18H19N3O3. The zero-order valence-electron chi connectivity index (χ0n) is 13.3. The fourth-order valence-corrected chi connectivity index (χ4v) is 2.01. The monoisotopic (exact) mass is 325 g/mol. The molecule has 0 unspecified atom stereocenters. The molecule has 4 N–H and O–H groups in total. The molecular weight excluding hydrogens is 306 g/mol. The molecule has 6 heteroatoms. The highest BCUT2D eigenvalue weighted by Crippen LogP contribution is 2.20. The Balaban J connectivity index is 2.01. The van der Waals surface area contributed by atoms with Crippen LogP contribution in [-0.2, 0) is 0 Å². The third-order valence-corrected chi connectivity index (χ3v) is 3.20. The van der Waals surface area contributed by atoms with Crippen molar-refractivity contribution >= 4 is 23.3 Å². The average molecular weight is 325 g/mol. The third-order valence-electron chi connectivity index (χ3n) is 3.20. The number of phenolic OH excluding ortho intramolecular Hbond substituents is 1. The number of aryl methyl sites for hydroxylation is 1. The highest BCUT2D eigenvalue weighted by Gasteiger charge is 2.11. The number of carbonyl (C=O) groups is 2. The molecule has 0 saturated carbocycles. The Hall–Kier alpha value is -3.28. The lowest BCUT2D eigenvalue weighted by Crippen LogP contribution is -2.28.